The lowest BCUT2D eigenvalue weighted by atomic mass is 9.72. The SMILES string of the molecule is OC[C@H]1O[C@@H](O[C@H]2[C@H](OC3CC4C(O)CC(O)CC4[OH+]C3C3CC(O)C(O)C(O)C3)OC[C@H](O)[C@@H]2O)[C@H](O)[C@@H](O)[C@@H]1O. The highest BCUT2D eigenvalue weighted by molar-refractivity contribution is 4.99. The standard InChI is InChI=1S/C26H44O16/c27-6-17-20(35)21(36)22(37)25(41-17)42-24-19(34)14(32)7-38-26(24)40-16-5-10-11(29)3-9(28)4-15(10)39-23(16)8-1-12(30)18(33)13(31)2-8/h8-37H,1-7H2/p+1/t8?,9?,10?,11?,12?,13?,14-,15?,16?,17+,18?,19-,20+,21-,22+,23?,24+,25-,26-/m0/s1. The van der Waals surface area contributed by atoms with E-state index in [-0.39, 0.29) is 32.3 Å². The Bertz CT molecular complexity index is 869. The van der Waals surface area contributed by atoms with Crippen molar-refractivity contribution in [2.75, 3.05) is 13.2 Å². The van der Waals surface area contributed by atoms with Crippen LogP contribution in [0.15, 0.2) is 0 Å². The Hall–Kier alpha value is -0.640. The fraction of sp³-hybridized carbons (Fsp3) is 1.00. The average molecular weight is 614 g/mol. The summed E-state index contributed by atoms with van der Waals surface area (Å²) in [6, 6.07) is 0. The van der Waals surface area contributed by atoms with Crippen LogP contribution >= 0.6 is 0 Å². The second-order valence-corrected chi connectivity index (χ2v) is 12.4. The lowest BCUT2D eigenvalue weighted by Gasteiger charge is -2.49. The predicted molar refractivity (Wildman–Crippen MR) is 135 cm³/mol. The molecule has 5 fully saturated rings. The zero-order valence-corrected chi connectivity index (χ0v) is 22.9. The molecule has 0 aromatic carbocycles. The summed E-state index contributed by atoms with van der Waals surface area (Å²) < 4.78 is 28.1. The van der Waals surface area contributed by atoms with E-state index in [0.29, 0.717) is 6.42 Å². The highest BCUT2D eigenvalue weighted by Crippen LogP contribution is 2.42. The molecule has 16 nitrogen and oxygen atoms in total. The number of aliphatic hydroxyl groups excluding tert-OH is 11. The van der Waals surface area contributed by atoms with E-state index in [1.807, 2.05) is 0 Å². The van der Waals surface area contributed by atoms with E-state index in [1.165, 1.54) is 0 Å². The van der Waals surface area contributed by atoms with Crippen LogP contribution in [0.2, 0.25) is 0 Å². The van der Waals surface area contributed by atoms with E-state index in [2.05, 4.69) is 0 Å². The van der Waals surface area contributed by atoms with Gasteiger partial charge in [0, 0.05) is 18.8 Å². The molecule has 5 aliphatic rings. The minimum atomic E-state index is -1.80. The topological polar surface area (TPSA) is 272 Å². The molecule has 3 aliphatic heterocycles. The third-order valence-corrected chi connectivity index (χ3v) is 9.50. The van der Waals surface area contributed by atoms with Crippen LogP contribution in [0.5, 0.6) is 0 Å². The molecular formula is C26H45O16+. The first-order chi connectivity index (χ1) is 19.9. The third-order valence-electron chi connectivity index (χ3n) is 9.50. The molecule has 2 aliphatic carbocycles. The summed E-state index contributed by atoms with van der Waals surface area (Å²) in [5.74, 6) is -0.868. The van der Waals surface area contributed by atoms with Crippen molar-refractivity contribution in [3.63, 3.8) is 0 Å². The van der Waals surface area contributed by atoms with Crippen LogP contribution in [0, 0.1) is 11.8 Å². The van der Waals surface area contributed by atoms with Gasteiger partial charge in [0.25, 0.3) is 0 Å². The highest BCUT2D eigenvalue weighted by atomic mass is 16.8. The molecule has 3 saturated heterocycles. The number of fused-ring (bicyclic) bond motifs is 1. The molecule has 0 bridgehead atoms. The van der Waals surface area contributed by atoms with E-state index in [4.69, 9.17) is 23.7 Å². The zero-order valence-electron chi connectivity index (χ0n) is 22.9. The van der Waals surface area contributed by atoms with Crippen molar-refractivity contribution in [2.45, 2.75) is 136 Å². The molecule has 12 N–H and O–H groups in total. The first-order valence-electron chi connectivity index (χ1n) is 14.6. The van der Waals surface area contributed by atoms with Crippen molar-refractivity contribution in [3.05, 3.63) is 0 Å². The molecule has 0 radical (unpaired) electrons. The van der Waals surface area contributed by atoms with Crippen LogP contribution in [-0.2, 0) is 18.9 Å². The van der Waals surface area contributed by atoms with Crippen molar-refractivity contribution in [1.82, 2.24) is 0 Å². The molecule has 0 amide bonds. The highest BCUT2D eigenvalue weighted by Gasteiger charge is 2.56. The second-order valence-electron chi connectivity index (χ2n) is 12.4. The van der Waals surface area contributed by atoms with Gasteiger partial charge in [0.15, 0.2) is 24.8 Å². The van der Waals surface area contributed by atoms with Crippen molar-refractivity contribution >= 4 is 0 Å². The van der Waals surface area contributed by atoms with Crippen molar-refractivity contribution in [1.29, 1.82) is 0 Å². The van der Waals surface area contributed by atoms with Crippen molar-refractivity contribution in [2.24, 2.45) is 11.8 Å². The fourth-order valence-corrected chi connectivity index (χ4v) is 7.10. The molecule has 0 aromatic rings. The van der Waals surface area contributed by atoms with Crippen LogP contribution in [0.25, 0.3) is 0 Å². The molecule has 5 rings (SSSR count). The van der Waals surface area contributed by atoms with E-state index >= 15 is 0 Å². The Labute approximate surface area is 241 Å². The maximum atomic E-state index is 10.8. The molecular weight excluding hydrogens is 568 g/mol. The molecule has 244 valence electrons. The van der Waals surface area contributed by atoms with Crippen LogP contribution in [-0.4, -0.2) is 178 Å². The van der Waals surface area contributed by atoms with Gasteiger partial charge in [-0.1, -0.05) is 0 Å². The van der Waals surface area contributed by atoms with E-state index in [0.717, 1.165) is 0 Å². The maximum absolute atomic E-state index is 10.8. The van der Waals surface area contributed by atoms with Gasteiger partial charge in [-0.2, -0.15) is 0 Å². The number of ether oxygens (including phenoxy) is 5. The predicted octanol–water partition coefficient (Wildman–Crippen LogP) is -6.07. The van der Waals surface area contributed by atoms with E-state index in [1.54, 1.807) is 0 Å². The van der Waals surface area contributed by atoms with Gasteiger partial charge < -0.3 is 79.9 Å². The summed E-state index contributed by atoms with van der Waals surface area (Å²) in [6.45, 7) is -1.07. The monoisotopic (exact) mass is 613 g/mol. The lowest BCUT2D eigenvalue weighted by molar-refractivity contribution is -0.377. The number of hydrogen-bond acceptors (Lipinski definition) is 15. The van der Waals surface area contributed by atoms with Crippen LogP contribution < -0.4 is 0 Å². The summed E-state index contributed by atoms with van der Waals surface area (Å²) in [5, 5.41) is 113. The van der Waals surface area contributed by atoms with Gasteiger partial charge in [0.2, 0.25) is 0 Å². The first-order valence-corrected chi connectivity index (χ1v) is 14.6. The molecule has 17 atom stereocenters. The Morgan fingerprint density at radius 3 is 2.00 bits per heavy atom. The van der Waals surface area contributed by atoms with Gasteiger partial charge >= 0.3 is 0 Å². The van der Waals surface area contributed by atoms with Crippen molar-refractivity contribution in [3.8, 4) is 0 Å². The van der Waals surface area contributed by atoms with Crippen LogP contribution in [0.4, 0.5) is 0 Å². The van der Waals surface area contributed by atoms with Gasteiger partial charge in [-0.3, -0.25) is 0 Å². The molecule has 2 saturated carbocycles. The molecule has 16 heteroatoms. The maximum Gasteiger partial charge on any atom is 0.187 e. The summed E-state index contributed by atoms with van der Waals surface area (Å²) in [5.41, 5.74) is 0. The fourth-order valence-electron chi connectivity index (χ4n) is 7.10. The van der Waals surface area contributed by atoms with Crippen LogP contribution in [0.1, 0.15) is 32.1 Å². The Kier molecular flexibility index (Phi) is 10.4. The van der Waals surface area contributed by atoms with E-state index in [9.17, 15) is 56.2 Å². The Balaban J connectivity index is 1.38. The molecule has 3 heterocycles. The van der Waals surface area contributed by atoms with Crippen molar-refractivity contribution < 1.29 is 79.9 Å². The molecule has 42 heavy (non-hydrogen) atoms. The largest absolute Gasteiger partial charge is 0.427 e. The minimum Gasteiger partial charge on any atom is -0.427 e. The zero-order chi connectivity index (χ0) is 30.5. The minimum absolute atomic E-state index is 0.0897. The summed E-state index contributed by atoms with van der Waals surface area (Å²) in [4.78, 5) is 0. The quantitative estimate of drug-likeness (QED) is 0.124. The lowest BCUT2D eigenvalue weighted by Crippen LogP contribution is -2.64. The number of aliphatic hydroxyl groups is 13. The van der Waals surface area contributed by atoms with Gasteiger partial charge in [-0.15, -0.1) is 0 Å². The van der Waals surface area contributed by atoms with E-state index < -0.39 is 123 Å². The van der Waals surface area contributed by atoms with Gasteiger partial charge in [0.1, 0.15) is 54.9 Å². The normalized spacial score (nSPS) is 55.6. The van der Waals surface area contributed by atoms with Gasteiger partial charge in [-0.05, 0) is 19.3 Å². The van der Waals surface area contributed by atoms with Crippen LogP contribution in [0.3, 0.4) is 0 Å². The average Bonchev–Trinajstić information content (AvgIpc) is 2.95. The first kappa shape index (κ1) is 32.7. The van der Waals surface area contributed by atoms with Gasteiger partial charge in [-0.25, -0.2) is 0 Å². The Morgan fingerprint density at radius 1 is 0.643 bits per heavy atom. The number of hydrogen-bond donors (Lipinski definition) is 11. The molecule has 0 aromatic heterocycles. The molecule has 8 unspecified atom stereocenters. The summed E-state index contributed by atoms with van der Waals surface area (Å²) in [6.07, 6.45) is -20.6. The third kappa shape index (κ3) is 6.50. The number of rotatable bonds is 6. The Morgan fingerprint density at radius 2 is 1.33 bits per heavy atom. The second kappa shape index (κ2) is 13.4. The van der Waals surface area contributed by atoms with Gasteiger partial charge in [0.05, 0.1) is 43.5 Å². The summed E-state index contributed by atoms with van der Waals surface area (Å²) in [7, 11) is 0. The summed E-state index contributed by atoms with van der Waals surface area (Å²) >= 11 is 0. The molecule has 0 spiro atoms. The smallest absolute Gasteiger partial charge is 0.187 e.